The third-order valence-electron chi connectivity index (χ3n) is 5.22. The summed E-state index contributed by atoms with van der Waals surface area (Å²) < 4.78 is 13.6. The topological polar surface area (TPSA) is 20.3 Å². The molecule has 2 fully saturated rings. The predicted octanol–water partition coefficient (Wildman–Crippen LogP) is 3.31. The molecule has 0 N–H and O–H groups in total. The van der Waals surface area contributed by atoms with Crippen molar-refractivity contribution >= 4 is 5.78 Å². The van der Waals surface area contributed by atoms with Crippen molar-refractivity contribution in [1.29, 1.82) is 0 Å². The highest BCUT2D eigenvalue weighted by Gasteiger charge is 2.39. The average molecular weight is 289 g/mol. The summed E-state index contributed by atoms with van der Waals surface area (Å²) >= 11 is 0. The van der Waals surface area contributed by atoms with Crippen molar-refractivity contribution in [3.63, 3.8) is 0 Å². The number of Topliss-reactive ketones (excluding diaryl/α,β-unsaturated/α-hetero) is 1. The van der Waals surface area contributed by atoms with Crippen LogP contribution in [0, 0.1) is 23.6 Å². The molecule has 2 saturated carbocycles. The molecule has 0 saturated heterocycles. The molecule has 3 rings (SSSR count). The Morgan fingerprint density at radius 1 is 1.29 bits per heavy atom. The number of hydrogen-bond donors (Lipinski definition) is 0. The van der Waals surface area contributed by atoms with E-state index in [2.05, 4.69) is 4.90 Å². The molecule has 0 heterocycles. The SMILES string of the molecule is CN(CC(=O)Cc1ccccc1F)CC1CC2CCC1C2. The van der Waals surface area contributed by atoms with Crippen molar-refractivity contribution in [1.82, 2.24) is 4.90 Å². The zero-order valence-corrected chi connectivity index (χ0v) is 12.7. The molecular formula is C18H24FNO. The fourth-order valence-corrected chi connectivity index (χ4v) is 4.28. The van der Waals surface area contributed by atoms with Crippen LogP contribution in [-0.4, -0.2) is 30.8 Å². The van der Waals surface area contributed by atoms with E-state index in [0.29, 0.717) is 12.1 Å². The Bertz CT molecular complexity index is 516. The Morgan fingerprint density at radius 3 is 2.76 bits per heavy atom. The van der Waals surface area contributed by atoms with Gasteiger partial charge in [-0.05, 0) is 55.7 Å². The molecule has 3 unspecified atom stereocenters. The van der Waals surface area contributed by atoms with Crippen LogP contribution in [0.15, 0.2) is 24.3 Å². The van der Waals surface area contributed by atoms with Crippen molar-refractivity contribution in [2.45, 2.75) is 32.1 Å². The van der Waals surface area contributed by atoms with Crippen LogP contribution >= 0.6 is 0 Å². The zero-order valence-electron chi connectivity index (χ0n) is 12.7. The van der Waals surface area contributed by atoms with Crippen LogP contribution < -0.4 is 0 Å². The number of carbonyl (C=O) groups is 1. The Hall–Kier alpha value is -1.22. The van der Waals surface area contributed by atoms with Gasteiger partial charge in [-0.2, -0.15) is 0 Å². The lowest BCUT2D eigenvalue weighted by Crippen LogP contribution is -2.33. The van der Waals surface area contributed by atoms with Crippen LogP contribution in [-0.2, 0) is 11.2 Å². The standard InChI is InChI=1S/C18H24FNO/c1-20(11-16-9-13-6-7-14(16)8-13)12-17(21)10-15-4-2-3-5-18(15)19/h2-5,13-14,16H,6-12H2,1H3. The number of carbonyl (C=O) groups excluding carboxylic acids is 1. The van der Waals surface area contributed by atoms with Crippen LogP contribution in [0.2, 0.25) is 0 Å². The Morgan fingerprint density at radius 2 is 2.10 bits per heavy atom. The van der Waals surface area contributed by atoms with Crippen molar-refractivity contribution in [2.24, 2.45) is 17.8 Å². The van der Waals surface area contributed by atoms with Gasteiger partial charge in [0.2, 0.25) is 0 Å². The minimum atomic E-state index is -0.276. The van der Waals surface area contributed by atoms with Crippen LogP contribution in [0.1, 0.15) is 31.2 Å². The summed E-state index contributed by atoms with van der Waals surface area (Å²) in [6, 6.07) is 6.56. The van der Waals surface area contributed by atoms with Crippen LogP contribution in [0.25, 0.3) is 0 Å². The molecule has 0 radical (unpaired) electrons. The average Bonchev–Trinajstić information content (AvgIpc) is 3.03. The molecule has 0 aromatic heterocycles. The maximum absolute atomic E-state index is 13.6. The molecule has 114 valence electrons. The number of hydrogen-bond acceptors (Lipinski definition) is 2. The molecule has 2 nitrogen and oxygen atoms in total. The van der Waals surface area contributed by atoms with Crippen LogP contribution in [0.5, 0.6) is 0 Å². The molecule has 2 aliphatic rings. The van der Waals surface area contributed by atoms with Crippen LogP contribution in [0.4, 0.5) is 4.39 Å². The second-order valence-corrected chi connectivity index (χ2v) is 6.94. The summed E-state index contributed by atoms with van der Waals surface area (Å²) in [6.45, 7) is 1.45. The van der Waals surface area contributed by atoms with Crippen molar-refractivity contribution < 1.29 is 9.18 Å². The van der Waals surface area contributed by atoms with Gasteiger partial charge in [-0.25, -0.2) is 4.39 Å². The van der Waals surface area contributed by atoms with Gasteiger partial charge in [-0.1, -0.05) is 24.6 Å². The summed E-state index contributed by atoms with van der Waals surface area (Å²) in [5.41, 5.74) is 0.510. The molecule has 0 spiro atoms. The number of benzene rings is 1. The maximum atomic E-state index is 13.6. The van der Waals surface area contributed by atoms with Gasteiger partial charge in [0, 0.05) is 13.0 Å². The van der Waals surface area contributed by atoms with E-state index in [0.717, 1.165) is 24.3 Å². The van der Waals surface area contributed by atoms with E-state index in [9.17, 15) is 9.18 Å². The maximum Gasteiger partial charge on any atom is 0.151 e. The van der Waals surface area contributed by atoms with Crippen molar-refractivity contribution in [3.05, 3.63) is 35.6 Å². The number of rotatable bonds is 6. The van der Waals surface area contributed by atoms with Crippen LogP contribution in [0.3, 0.4) is 0 Å². The molecule has 1 aromatic carbocycles. The molecule has 21 heavy (non-hydrogen) atoms. The number of halogens is 1. The Labute approximate surface area is 126 Å². The molecule has 1 aromatic rings. The minimum Gasteiger partial charge on any atom is -0.299 e. The first-order valence-electron chi connectivity index (χ1n) is 8.05. The first kappa shape index (κ1) is 14.7. The van der Waals surface area contributed by atoms with E-state index in [4.69, 9.17) is 0 Å². The van der Waals surface area contributed by atoms with E-state index < -0.39 is 0 Å². The third-order valence-corrected chi connectivity index (χ3v) is 5.22. The molecule has 2 aliphatic carbocycles. The summed E-state index contributed by atoms with van der Waals surface area (Å²) in [5, 5.41) is 0. The van der Waals surface area contributed by atoms with Gasteiger partial charge in [0.1, 0.15) is 5.82 Å². The lowest BCUT2D eigenvalue weighted by atomic mass is 9.88. The highest BCUT2D eigenvalue weighted by atomic mass is 19.1. The molecule has 0 aliphatic heterocycles. The number of fused-ring (bicyclic) bond motifs is 2. The van der Waals surface area contributed by atoms with Gasteiger partial charge in [0.25, 0.3) is 0 Å². The highest BCUT2D eigenvalue weighted by molar-refractivity contribution is 5.82. The molecule has 3 atom stereocenters. The second kappa shape index (κ2) is 6.27. The Balaban J connectivity index is 1.47. The third kappa shape index (κ3) is 3.52. The summed E-state index contributed by atoms with van der Waals surface area (Å²) in [5.74, 6) is 2.43. The number of ketones is 1. The molecule has 0 amide bonds. The molecule has 3 heteroatoms. The fourth-order valence-electron chi connectivity index (χ4n) is 4.28. The zero-order chi connectivity index (χ0) is 14.8. The largest absolute Gasteiger partial charge is 0.299 e. The molecular weight excluding hydrogens is 265 g/mol. The van der Waals surface area contributed by atoms with Crippen molar-refractivity contribution in [2.75, 3.05) is 20.1 Å². The van der Waals surface area contributed by atoms with E-state index >= 15 is 0 Å². The van der Waals surface area contributed by atoms with E-state index in [1.807, 2.05) is 7.05 Å². The fraction of sp³-hybridized carbons (Fsp3) is 0.611. The Kier molecular flexibility index (Phi) is 4.39. The normalized spacial score (nSPS) is 27.5. The summed E-state index contributed by atoms with van der Waals surface area (Å²) in [7, 11) is 2.02. The summed E-state index contributed by atoms with van der Waals surface area (Å²) in [4.78, 5) is 14.2. The summed E-state index contributed by atoms with van der Waals surface area (Å²) in [6.07, 6.45) is 5.75. The lowest BCUT2D eigenvalue weighted by Gasteiger charge is -2.26. The van der Waals surface area contributed by atoms with Crippen molar-refractivity contribution in [3.8, 4) is 0 Å². The van der Waals surface area contributed by atoms with Gasteiger partial charge < -0.3 is 0 Å². The number of likely N-dealkylation sites (N-methyl/N-ethyl adjacent to an activating group) is 1. The highest BCUT2D eigenvalue weighted by Crippen LogP contribution is 2.48. The van der Waals surface area contributed by atoms with Gasteiger partial charge in [-0.3, -0.25) is 9.69 Å². The quantitative estimate of drug-likeness (QED) is 0.801. The van der Waals surface area contributed by atoms with E-state index in [-0.39, 0.29) is 18.0 Å². The smallest absolute Gasteiger partial charge is 0.151 e. The minimum absolute atomic E-state index is 0.103. The predicted molar refractivity (Wildman–Crippen MR) is 81.5 cm³/mol. The first-order valence-corrected chi connectivity index (χ1v) is 8.05. The van der Waals surface area contributed by atoms with Gasteiger partial charge >= 0.3 is 0 Å². The van der Waals surface area contributed by atoms with Gasteiger partial charge in [0.15, 0.2) is 5.78 Å². The monoisotopic (exact) mass is 289 g/mol. The van der Waals surface area contributed by atoms with Gasteiger partial charge in [-0.15, -0.1) is 0 Å². The van der Waals surface area contributed by atoms with E-state index in [1.54, 1.807) is 18.2 Å². The van der Waals surface area contributed by atoms with E-state index in [1.165, 1.54) is 31.7 Å². The first-order chi connectivity index (χ1) is 10.1. The molecule has 2 bridgehead atoms. The number of nitrogens with zero attached hydrogens (tertiary/aromatic N) is 1. The second-order valence-electron chi connectivity index (χ2n) is 6.94. The van der Waals surface area contributed by atoms with Gasteiger partial charge in [0.05, 0.1) is 6.54 Å². The lowest BCUT2D eigenvalue weighted by molar-refractivity contribution is -0.119.